The number of carbonyl (C=O) groups excluding carboxylic acids is 2. The molecule has 5 nitrogen and oxygen atoms in total. The molecule has 0 saturated heterocycles. The largest absolute Gasteiger partial charge is 0.611 e. The number of ketones is 1. The number of methoxy groups -OCH3 is 1. The van der Waals surface area contributed by atoms with Gasteiger partial charge in [-0.05, 0) is 43.2 Å². The Labute approximate surface area is 150 Å². The van der Waals surface area contributed by atoms with Crippen molar-refractivity contribution in [3.8, 4) is 5.75 Å². The van der Waals surface area contributed by atoms with E-state index in [0.29, 0.717) is 16.0 Å². The van der Waals surface area contributed by atoms with Crippen molar-refractivity contribution in [2.75, 3.05) is 13.7 Å². The van der Waals surface area contributed by atoms with Crippen LogP contribution < -0.4 is 4.74 Å². The molecule has 25 heavy (non-hydrogen) atoms. The van der Waals surface area contributed by atoms with Gasteiger partial charge in [0, 0.05) is 5.56 Å². The number of Topliss-reactive ketones (excluding diaryl/α,β-unsaturated/α-hetero) is 1. The number of carbonyl (C=O) groups is 2. The van der Waals surface area contributed by atoms with Crippen molar-refractivity contribution in [2.24, 2.45) is 0 Å². The fourth-order valence-corrected chi connectivity index (χ4v) is 3.61. The third-order valence-electron chi connectivity index (χ3n) is 3.60. The van der Waals surface area contributed by atoms with Crippen LogP contribution in [0.5, 0.6) is 5.75 Å². The van der Waals surface area contributed by atoms with E-state index in [4.69, 9.17) is 9.47 Å². The lowest BCUT2D eigenvalue weighted by Crippen LogP contribution is -2.15. The van der Waals surface area contributed by atoms with Crippen LogP contribution in [0, 0.1) is 0 Å². The first-order valence-corrected chi connectivity index (χ1v) is 9.12. The first-order valence-electron chi connectivity index (χ1n) is 7.80. The molecule has 2 rings (SSSR count). The maximum Gasteiger partial charge on any atom is 0.342 e. The van der Waals surface area contributed by atoms with Crippen molar-refractivity contribution in [1.29, 1.82) is 0 Å². The smallest absolute Gasteiger partial charge is 0.342 e. The first kappa shape index (κ1) is 19.0. The highest BCUT2D eigenvalue weighted by Crippen LogP contribution is 2.31. The molecule has 1 unspecified atom stereocenters. The SMILES string of the molecule is CCOC(=O)c1c(C[S+]([O-])c2ccccc2)ccc(C(C)=O)c1OC. The summed E-state index contributed by atoms with van der Waals surface area (Å²) in [7, 11) is 1.39. The van der Waals surface area contributed by atoms with Crippen molar-refractivity contribution >= 4 is 22.9 Å². The van der Waals surface area contributed by atoms with Crippen molar-refractivity contribution in [2.45, 2.75) is 24.5 Å². The molecule has 0 radical (unpaired) electrons. The molecule has 0 aliphatic carbocycles. The molecule has 2 aromatic rings. The van der Waals surface area contributed by atoms with Crippen LogP contribution in [0.15, 0.2) is 47.4 Å². The zero-order valence-corrected chi connectivity index (χ0v) is 15.2. The Morgan fingerprint density at radius 3 is 2.36 bits per heavy atom. The fraction of sp³-hybridized carbons (Fsp3) is 0.263. The highest BCUT2D eigenvalue weighted by Gasteiger charge is 2.26. The number of esters is 1. The molecule has 0 aliphatic heterocycles. The van der Waals surface area contributed by atoms with Crippen molar-refractivity contribution < 1.29 is 23.6 Å². The number of ether oxygens (including phenoxy) is 2. The van der Waals surface area contributed by atoms with Gasteiger partial charge in [-0.15, -0.1) is 0 Å². The summed E-state index contributed by atoms with van der Waals surface area (Å²) in [5, 5.41) is 0. The lowest BCUT2D eigenvalue weighted by atomic mass is 10.0. The summed E-state index contributed by atoms with van der Waals surface area (Å²) in [6.07, 6.45) is 0. The van der Waals surface area contributed by atoms with Gasteiger partial charge in [-0.3, -0.25) is 4.79 Å². The Bertz CT molecular complexity index is 758. The van der Waals surface area contributed by atoms with Gasteiger partial charge in [0.25, 0.3) is 0 Å². The Morgan fingerprint density at radius 2 is 1.80 bits per heavy atom. The minimum absolute atomic E-state index is 0.118. The highest BCUT2D eigenvalue weighted by atomic mass is 32.2. The molecule has 132 valence electrons. The van der Waals surface area contributed by atoms with E-state index in [1.54, 1.807) is 43.3 Å². The second kappa shape index (κ2) is 8.69. The summed E-state index contributed by atoms with van der Waals surface area (Å²) in [5.74, 6) is -0.540. The van der Waals surface area contributed by atoms with Gasteiger partial charge in [0.1, 0.15) is 17.1 Å². The van der Waals surface area contributed by atoms with E-state index < -0.39 is 17.1 Å². The Balaban J connectivity index is 2.49. The van der Waals surface area contributed by atoms with Crippen LogP contribution in [0.4, 0.5) is 0 Å². The second-order valence-electron chi connectivity index (χ2n) is 5.26. The molecule has 1 atom stereocenters. The molecule has 0 spiro atoms. The van der Waals surface area contributed by atoms with Gasteiger partial charge in [0.2, 0.25) is 0 Å². The third-order valence-corrected chi connectivity index (χ3v) is 4.97. The molecule has 2 aromatic carbocycles. The predicted octanol–water partition coefficient (Wildman–Crippen LogP) is 3.38. The summed E-state index contributed by atoms with van der Waals surface area (Å²) in [4.78, 5) is 24.9. The molecule has 0 bridgehead atoms. The fourth-order valence-electron chi connectivity index (χ4n) is 2.46. The van der Waals surface area contributed by atoms with Gasteiger partial charge in [-0.2, -0.15) is 0 Å². The predicted molar refractivity (Wildman–Crippen MR) is 95.5 cm³/mol. The zero-order chi connectivity index (χ0) is 18.4. The van der Waals surface area contributed by atoms with Crippen molar-refractivity contribution in [3.05, 3.63) is 59.2 Å². The third kappa shape index (κ3) is 4.41. The molecule has 0 aliphatic rings. The summed E-state index contributed by atoms with van der Waals surface area (Å²) < 4.78 is 23.0. The minimum atomic E-state index is -1.34. The van der Waals surface area contributed by atoms with E-state index in [-0.39, 0.29) is 29.5 Å². The number of hydrogen-bond donors (Lipinski definition) is 0. The van der Waals surface area contributed by atoms with E-state index in [1.165, 1.54) is 14.0 Å². The molecular weight excluding hydrogens is 340 g/mol. The molecule has 0 amide bonds. The van der Waals surface area contributed by atoms with E-state index in [0.717, 1.165) is 0 Å². The summed E-state index contributed by atoms with van der Waals surface area (Å²) in [6, 6.07) is 12.2. The molecular formula is C19H20O5S. The molecule has 0 heterocycles. The van der Waals surface area contributed by atoms with Crippen LogP contribution in [0.25, 0.3) is 0 Å². The van der Waals surface area contributed by atoms with Gasteiger partial charge >= 0.3 is 5.97 Å². The normalized spacial score (nSPS) is 11.7. The van der Waals surface area contributed by atoms with Crippen LogP contribution in [0.2, 0.25) is 0 Å². The van der Waals surface area contributed by atoms with Gasteiger partial charge in [-0.25, -0.2) is 4.79 Å². The second-order valence-corrected chi connectivity index (χ2v) is 6.71. The molecule has 0 fully saturated rings. The van der Waals surface area contributed by atoms with E-state index in [9.17, 15) is 14.1 Å². The Hall–Kier alpha value is -2.31. The summed E-state index contributed by atoms with van der Waals surface area (Å²) >= 11 is -1.34. The number of benzene rings is 2. The Morgan fingerprint density at radius 1 is 1.12 bits per heavy atom. The molecule has 0 saturated carbocycles. The molecule has 0 N–H and O–H groups in total. The van der Waals surface area contributed by atoms with Gasteiger partial charge in [0.05, 0.1) is 19.3 Å². The van der Waals surface area contributed by atoms with Gasteiger partial charge in [-0.1, -0.05) is 24.3 Å². The average molecular weight is 360 g/mol. The first-order chi connectivity index (χ1) is 12.0. The van der Waals surface area contributed by atoms with Crippen LogP contribution in [-0.4, -0.2) is 30.0 Å². The monoisotopic (exact) mass is 360 g/mol. The summed E-state index contributed by atoms with van der Waals surface area (Å²) in [5.41, 5.74) is 0.962. The lowest BCUT2D eigenvalue weighted by molar-refractivity contribution is 0.0521. The lowest BCUT2D eigenvalue weighted by Gasteiger charge is -2.17. The quantitative estimate of drug-likeness (QED) is 0.430. The maximum atomic E-state index is 12.6. The van der Waals surface area contributed by atoms with Crippen molar-refractivity contribution in [3.63, 3.8) is 0 Å². The number of hydrogen-bond acceptors (Lipinski definition) is 5. The summed E-state index contributed by atoms with van der Waals surface area (Å²) in [6.45, 7) is 3.28. The van der Waals surface area contributed by atoms with E-state index in [2.05, 4.69) is 0 Å². The van der Waals surface area contributed by atoms with Crippen LogP contribution >= 0.6 is 0 Å². The topological polar surface area (TPSA) is 75.7 Å². The Kier molecular flexibility index (Phi) is 6.61. The van der Waals surface area contributed by atoms with Gasteiger partial charge < -0.3 is 14.0 Å². The van der Waals surface area contributed by atoms with Crippen LogP contribution in [0.3, 0.4) is 0 Å². The molecule has 6 heteroatoms. The minimum Gasteiger partial charge on any atom is -0.611 e. The van der Waals surface area contributed by atoms with Crippen LogP contribution in [0.1, 0.15) is 40.1 Å². The zero-order valence-electron chi connectivity index (χ0n) is 14.4. The van der Waals surface area contributed by atoms with E-state index >= 15 is 0 Å². The average Bonchev–Trinajstić information content (AvgIpc) is 2.61. The number of rotatable bonds is 7. The van der Waals surface area contributed by atoms with Crippen LogP contribution in [-0.2, 0) is 21.7 Å². The van der Waals surface area contributed by atoms with Gasteiger partial charge in [0.15, 0.2) is 10.7 Å². The molecule has 0 aromatic heterocycles. The van der Waals surface area contributed by atoms with Crippen molar-refractivity contribution in [1.82, 2.24) is 0 Å². The highest BCUT2D eigenvalue weighted by molar-refractivity contribution is 7.90. The standard InChI is InChI=1S/C19H20O5S/c1-4-24-19(21)17-14(10-11-16(13(2)20)18(17)23-3)12-25(22)15-8-6-5-7-9-15/h5-11H,4,12H2,1-3H3. The van der Waals surface area contributed by atoms with E-state index in [1.807, 2.05) is 6.07 Å². The maximum absolute atomic E-state index is 12.6.